The first-order valence-electron chi connectivity index (χ1n) is 8.04. The highest BCUT2D eigenvalue weighted by atomic mass is 19.4. The lowest BCUT2D eigenvalue weighted by atomic mass is 10.0. The monoisotopic (exact) mass is 364 g/mol. The molecular formula is C17H15F3N4O2. The maximum atomic E-state index is 12.8. The Bertz CT molecular complexity index is 1050. The Morgan fingerprint density at radius 1 is 1.27 bits per heavy atom. The van der Waals surface area contributed by atoms with Gasteiger partial charge in [-0.05, 0) is 37.5 Å². The quantitative estimate of drug-likeness (QED) is 0.748. The lowest BCUT2D eigenvalue weighted by molar-refractivity contribution is -0.137. The largest absolute Gasteiger partial charge is 0.416 e. The number of aromatic amines is 1. The van der Waals surface area contributed by atoms with Gasteiger partial charge in [0.05, 0.1) is 17.7 Å². The summed E-state index contributed by atoms with van der Waals surface area (Å²) in [6.07, 6.45) is -3.08. The summed E-state index contributed by atoms with van der Waals surface area (Å²) < 4.78 is 40.0. The minimum atomic E-state index is -4.40. The number of aromatic nitrogens is 4. The average Bonchev–Trinajstić information content (AvgIpc) is 3.30. The first-order chi connectivity index (χ1) is 12.3. The van der Waals surface area contributed by atoms with Crippen LogP contribution in [0, 0.1) is 6.92 Å². The van der Waals surface area contributed by atoms with Gasteiger partial charge in [-0.15, -0.1) is 0 Å². The van der Waals surface area contributed by atoms with Crippen molar-refractivity contribution in [2.75, 3.05) is 0 Å². The van der Waals surface area contributed by atoms with Crippen molar-refractivity contribution < 1.29 is 18.3 Å². The van der Waals surface area contributed by atoms with Gasteiger partial charge in [0.15, 0.2) is 5.65 Å². The highest BCUT2D eigenvalue weighted by molar-refractivity contribution is 5.78. The number of hydrogen-bond donors (Lipinski definition) is 2. The van der Waals surface area contributed by atoms with E-state index in [0.29, 0.717) is 29.9 Å². The number of halogens is 3. The zero-order valence-corrected chi connectivity index (χ0v) is 13.8. The lowest BCUT2D eigenvalue weighted by Crippen LogP contribution is -2.22. The van der Waals surface area contributed by atoms with E-state index in [9.17, 15) is 23.1 Å². The molecule has 0 saturated heterocycles. The van der Waals surface area contributed by atoms with Crippen LogP contribution in [0.1, 0.15) is 35.5 Å². The summed E-state index contributed by atoms with van der Waals surface area (Å²) in [7, 11) is 0. The summed E-state index contributed by atoms with van der Waals surface area (Å²) in [6, 6.07) is 4.95. The van der Waals surface area contributed by atoms with Crippen LogP contribution in [0.15, 0.2) is 29.1 Å². The normalized spacial score (nSPS) is 16.2. The Morgan fingerprint density at radius 2 is 1.92 bits per heavy atom. The van der Waals surface area contributed by atoms with E-state index in [1.807, 2.05) is 0 Å². The molecule has 3 aromatic rings. The van der Waals surface area contributed by atoms with E-state index >= 15 is 0 Å². The molecule has 1 fully saturated rings. The van der Waals surface area contributed by atoms with Crippen molar-refractivity contribution in [2.45, 2.75) is 38.1 Å². The molecular weight excluding hydrogens is 349 g/mol. The van der Waals surface area contributed by atoms with E-state index in [-0.39, 0.29) is 11.1 Å². The van der Waals surface area contributed by atoms with Gasteiger partial charge in [-0.25, -0.2) is 9.67 Å². The minimum Gasteiger partial charge on any atom is -0.390 e. The van der Waals surface area contributed by atoms with Gasteiger partial charge >= 0.3 is 6.18 Å². The number of aryl methyl sites for hydroxylation is 1. The van der Waals surface area contributed by atoms with E-state index < -0.39 is 29.4 Å². The second-order valence-corrected chi connectivity index (χ2v) is 6.47. The summed E-state index contributed by atoms with van der Waals surface area (Å²) in [5.74, 6) is 0.399. The van der Waals surface area contributed by atoms with Crippen LogP contribution in [0.25, 0.3) is 11.0 Å². The van der Waals surface area contributed by atoms with Crippen LogP contribution >= 0.6 is 0 Å². The van der Waals surface area contributed by atoms with Crippen LogP contribution in [0.4, 0.5) is 13.2 Å². The molecule has 136 valence electrons. The summed E-state index contributed by atoms with van der Waals surface area (Å²) >= 11 is 0. The van der Waals surface area contributed by atoms with Crippen molar-refractivity contribution >= 4 is 11.0 Å². The maximum Gasteiger partial charge on any atom is 0.416 e. The van der Waals surface area contributed by atoms with Crippen molar-refractivity contribution in [1.29, 1.82) is 0 Å². The third-order valence-electron chi connectivity index (χ3n) is 4.76. The zero-order chi connectivity index (χ0) is 18.7. The molecule has 9 heteroatoms. The third-order valence-corrected chi connectivity index (χ3v) is 4.76. The highest BCUT2D eigenvalue weighted by Crippen LogP contribution is 2.50. The van der Waals surface area contributed by atoms with Crippen LogP contribution in [0.5, 0.6) is 0 Å². The highest BCUT2D eigenvalue weighted by Gasteiger charge is 2.49. The van der Waals surface area contributed by atoms with Crippen LogP contribution in [-0.4, -0.2) is 24.9 Å². The molecule has 1 aliphatic rings. The van der Waals surface area contributed by atoms with Gasteiger partial charge in [0.25, 0.3) is 5.56 Å². The zero-order valence-electron chi connectivity index (χ0n) is 13.8. The Balaban J connectivity index is 1.89. The first kappa shape index (κ1) is 16.8. The van der Waals surface area contributed by atoms with Gasteiger partial charge in [-0.1, -0.05) is 12.1 Å². The van der Waals surface area contributed by atoms with Crippen LogP contribution in [0.2, 0.25) is 0 Å². The van der Waals surface area contributed by atoms with Gasteiger partial charge in [-0.3, -0.25) is 4.79 Å². The van der Waals surface area contributed by atoms with Gasteiger partial charge in [-0.2, -0.15) is 18.3 Å². The lowest BCUT2D eigenvalue weighted by Gasteiger charge is -2.18. The van der Waals surface area contributed by atoms with Gasteiger partial charge in [0, 0.05) is 0 Å². The Hall–Kier alpha value is -2.68. The first-order valence-corrected chi connectivity index (χ1v) is 8.04. The molecule has 0 amide bonds. The standard InChI is InChI=1S/C17H15F3N4O2/c1-9-21-14-13(15(26)22-9)12(8-25)23-24(14)16(6-7-16)10-2-4-11(5-3-10)17(18,19)20/h2-5,25H,6-8H2,1H3,(H,21,22,26). The molecule has 2 heterocycles. The number of rotatable bonds is 3. The molecule has 2 aromatic heterocycles. The molecule has 0 unspecified atom stereocenters. The van der Waals surface area contributed by atoms with Crippen molar-refractivity contribution in [1.82, 2.24) is 19.7 Å². The predicted octanol–water partition coefficient (Wildman–Crippen LogP) is 2.48. The minimum absolute atomic E-state index is 0.201. The van der Waals surface area contributed by atoms with Gasteiger partial charge < -0.3 is 10.1 Å². The van der Waals surface area contributed by atoms with E-state index in [1.165, 1.54) is 12.1 Å². The molecule has 0 aliphatic heterocycles. The molecule has 0 radical (unpaired) electrons. The van der Waals surface area contributed by atoms with E-state index in [4.69, 9.17) is 0 Å². The predicted molar refractivity (Wildman–Crippen MR) is 86.6 cm³/mol. The number of aliphatic hydroxyl groups excluding tert-OH is 1. The number of hydrogen-bond acceptors (Lipinski definition) is 4. The fraction of sp³-hybridized carbons (Fsp3) is 0.353. The molecule has 2 N–H and O–H groups in total. The van der Waals surface area contributed by atoms with E-state index in [1.54, 1.807) is 11.6 Å². The van der Waals surface area contributed by atoms with Crippen molar-refractivity contribution in [3.8, 4) is 0 Å². The molecule has 1 aliphatic carbocycles. The molecule has 4 rings (SSSR count). The summed E-state index contributed by atoms with van der Waals surface area (Å²) in [5.41, 5.74) is -0.572. The number of H-pyrrole nitrogens is 1. The van der Waals surface area contributed by atoms with Crippen LogP contribution < -0.4 is 5.56 Å². The van der Waals surface area contributed by atoms with Crippen molar-refractivity contribution in [2.24, 2.45) is 0 Å². The second kappa shape index (κ2) is 5.41. The number of nitrogens with zero attached hydrogens (tertiary/aromatic N) is 3. The Kier molecular flexibility index (Phi) is 3.49. The Labute approximate surface area is 145 Å². The molecule has 26 heavy (non-hydrogen) atoms. The molecule has 0 atom stereocenters. The Morgan fingerprint density at radius 3 is 2.46 bits per heavy atom. The van der Waals surface area contributed by atoms with Gasteiger partial charge in [0.1, 0.15) is 16.9 Å². The summed E-state index contributed by atoms with van der Waals surface area (Å²) in [4.78, 5) is 19.2. The molecule has 0 bridgehead atoms. The van der Waals surface area contributed by atoms with Crippen LogP contribution in [0.3, 0.4) is 0 Å². The van der Waals surface area contributed by atoms with Crippen molar-refractivity contribution in [3.63, 3.8) is 0 Å². The average molecular weight is 364 g/mol. The smallest absolute Gasteiger partial charge is 0.390 e. The molecule has 6 nitrogen and oxygen atoms in total. The number of benzene rings is 1. The molecule has 0 spiro atoms. The summed E-state index contributed by atoms with van der Waals surface area (Å²) in [6.45, 7) is 1.20. The number of alkyl halides is 3. The number of nitrogens with one attached hydrogen (secondary N) is 1. The fourth-order valence-electron chi connectivity index (χ4n) is 3.32. The van der Waals surface area contributed by atoms with Crippen molar-refractivity contribution in [3.05, 3.63) is 57.3 Å². The van der Waals surface area contributed by atoms with E-state index in [2.05, 4.69) is 15.1 Å². The van der Waals surface area contributed by atoms with Crippen LogP contribution in [-0.2, 0) is 18.3 Å². The molecule has 1 aromatic carbocycles. The fourth-order valence-corrected chi connectivity index (χ4v) is 3.32. The summed E-state index contributed by atoms with van der Waals surface area (Å²) in [5, 5.41) is 14.1. The molecule has 1 saturated carbocycles. The second-order valence-electron chi connectivity index (χ2n) is 6.47. The SMILES string of the molecule is Cc1nc2c(c(CO)nn2C2(c3ccc(C(F)(F)F)cc3)CC2)c(=O)[nH]1. The maximum absolute atomic E-state index is 12.8. The van der Waals surface area contributed by atoms with E-state index in [0.717, 1.165) is 12.1 Å². The van der Waals surface area contributed by atoms with Gasteiger partial charge in [0.2, 0.25) is 0 Å². The third kappa shape index (κ3) is 2.42. The number of aliphatic hydroxyl groups is 1. The topological polar surface area (TPSA) is 83.8 Å². The number of fused-ring (bicyclic) bond motifs is 1.